The third-order valence-electron chi connectivity index (χ3n) is 3.74. The van der Waals surface area contributed by atoms with Crippen molar-refractivity contribution in [1.29, 1.82) is 0 Å². The van der Waals surface area contributed by atoms with Crippen molar-refractivity contribution >= 4 is 5.69 Å². The monoisotopic (exact) mass is 232 g/mol. The molecule has 1 atom stereocenters. The predicted molar refractivity (Wildman–Crippen MR) is 74.5 cm³/mol. The maximum atomic E-state index is 6.19. The van der Waals surface area contributed by atoms with Gasteiger partial charge >= 0.3 is 0 Å². The summed E-state index contributed by atoms with van der Waals surface area (Å²) in [5.41, 5.74) is 10.4. The molecule has 2 heteroatoms. The first-order chi connectivity index (χ1) is 8.08. The van der Waals surface area contributed by atoms with E-state index in [4.69, 9.17) is 5.73 Å². The second-order valence-corrected chi connectivity index (χ2v) is 5.59. The molecule has 0 aromatic heterocycles. The Balaban J connectivity index is 2.17. The molecule has 17 heavy (non-hydrogen) atoms. The van der Waals surface area contributed by atoms with Crippen LogP contribution in [0.25, 0.3) is 0 Å². The molecule has 2 rings (SSSR count). The fraction of sp³-hybridized carbons (Fsp3) is 0.600. The Bertz CT molecular complexity index is 385. The van der Waals surface area contributed by atoms with Gasteiger partial charge in [0, 0.05) is 24.8 Å². The molecule has 0 saturated heterocycles. The molecule has 0 radical (unpaired) electrons. The van der Waals surface area contributed by atoms with Crippen molar-refractivity contribution in [2.24, 2.45) is 11.7 Å². The van der Waals surface area contributed by atoms with E-state index in [9.17, 15) is 0 Å². The SMILES string of the molecule is Cc1ccc2c(c1)CCCN2CC(N)C(C)C. The molecule has 1 unspecified atom stereocenters. The van der Waals surface area contributed by atoms with Crippen molar-refractivity contribution in [3.05, 3.63) is 29.3 Å². The Kier molecular flexibility index (Phi) is 3.72. The highest BCUT2D eigenvalue weighted by Crippen LogP contribution is 2.28. The molecule has 0 fully saturated rings. The van der Waals surface area contributed by atoms with Gasteiger partial charge in [-0.15, -0.1) is 0 Å². The summed E-state index contributed by atoms with van der Waals surface area (Å²) in [5.74, 6) is 0.547. The van der Waals surface area contributed by atoms with Gasteiger partial charge in [-0.1, -0.05) is 31.5 Å². The van der Waals surface area contributed by atoms with Gasteiger partial charge in [0.2, 0.25) is 0 Å². The Morgan fingerprint density at radius 2 is 2.12 bits per heavy atom. The van der Waals surface area contributed by atoms with Crippen molar-refractivity contribution in [1.82, 2.24) is 0 Å². The van der Waals surface area contributed by atoms with Crippen LogP contribution in [0.1, 0.15) is 31.4 Å². The molecule has 0 bridgehead atoms. The largest absolute Gasteiger partial charge is 0.370 e. The second-order valence-electron chi connectivity index (χ2n) is 5.59. The standard InChI is InChI=1S/C15H24N2/c1-11(2)14(16)10-17-8-4-5-13-9-12(3)6-7-15(13)17/h6-7,9,11,14H,4-5,8,10,16H2,1-3H3. The van der Waals surface area contributed by atoms with E-state index in [1.54, 1.807) is 0 Å². The highest BCUT2D eigenvalue weighted by molar-refractivity contribution is 5.56. The molecular formula is C15H24N2. The molecule has 1 aromatic carbocycles. The van der Waals surface area contributed by atoms with Crippen LogP contribution in [0.15, 0.2) is 18.2 Å². The number of anilines is 1. The quantitative estimate of drug-likeness (QED) is 0.868. The normalized spacial score (nSPS) is 17.1. The van der Waals surface area contributed by atoms with Crippen LogP contribution in [0.4, 0.5) is 5.69 Å². The lowest BCUT2D eigenvalue weighted by atomic mass is 9.97. The third-order valence-corrected chi connectivity index (χ3v) is 3.74. The van der Waals surface area contributed by atoms with Crippen LogP contribution in [-0.4, -0.2) is 19.1 Å². The molecule has 2 nitrogen and oxygen atoms in total. The Morgan fingerprint density at radius 1 is 1.35 bits per heavy atom. The molecule has 0 saturated carbocycles. The van der Waals surface area contributed by atoms with Gasteiger partial charge in [0.25, 0.3) is 0 Å². The minimum absolute atomic E-state index is 0.266. The van der Waals surface area contributed by atoms with Gasteiger partial charge in [-0.2, -0.15) is 0 Å². The molecule has 0 aliphatic carbocycles. The molecule has 0 spiro atoms. The lowest BCUT2D eigenvalue weighted by Crippen LogP contribution is -2.42. The average Bonchev–Trinajstić information content (AvgIpc) is 2.28. The molecular weight excluding hydrogens is 208 g/mol. The maximum Gasteiger partial charge on any atom is 0.0399 e. The Hall–Kier alpha value is -1.02. The number of nitrogens with two attached hydrogens (primary N) is 1. The number of fused-ring (bicyclic) bond motifs is 1. The van der Waals surface area contributed by atoms with Gasteiger partial charge in [0.1, 0.15) is 0 Å². The first-order valence-electron chi connectivity index (χ1n) is 6.68. The van der Waals surface area contributed by atoms with Crippen LogP contribution in [0.2, 0.25) is 0 Å². The summed E-state index contributed by atoms with van der Waals surface area (Å²) in [7, 11) is 0. The minimum atomic E-state index is 0.266. The van der Waals surface area contributed by atoms with Crippen molar-refractivity contribution < 1.29 is 0 Å². The summed E-state index contributed by atoms with van der Waals surface area (Å²) < 4.78 is 0. The third kappa shape index (κ3) is 2.81. The van der Waals surface area contributed by atoms with Gasteiger partial charge in [-0.05, 0) is 37.3 Å². The van der Waals surface area contributed by atoms with Crippen molar-refractivity contribution in [3.8, 4) is 0 Å². The molecule has 0 amide bonds. The minimum Gasteiger partial charge on any atom is -0.370 e. The zero-order chi connectivity index (χ0) is 12.4. The lowest BCUT2D eigenvalue weighted by molar-refractivity contribution is 0.479. The van der Waals surface area contributed by atoms with E-state index in [1.165, 1.54) is 29.7 Å². The van der Waals surface area contributed by atoms with Crippen LogP contribution in [-0.2, 0) is 6.42 Å². The van der Waals surface area contributed by atoms with Crippen LogP contribution >= 0.6 is 0 Å². The van der Waals surface area contributed by atoms with E-state index in [-0.39, 0.29) is 6.04 Å². The average molecular weight is 232 g/mol. The molecule has 1 heterocycles. The smallest absolute Gasteiger partial charge is 0.0399 e. The van der Waals surface area contributed by atoms with E-state index >= 15 is 0 Å². The number of hydrogen-bond acceptors (Lipinski definition) is 2. The summed E-state index contributed by atoms with van der Waals surface area (Å²) in [4.78, 5) is 2.46. The lowest BCUT2D eigenvalue weighted by Gasteiger charge is -2.34. The van der Waals surface area contributed by atoms with Crippen LogP contribution in [0.5, 0.6) is 0 Å². The van der Waals surface area contributed by atoms with Gasteiger partial charge in [0.05, 0.1) is 0 Å². The van der Waals surface area contributed by atoms with E-state index < -0.39 is 0 Å². The van der Waals surface area contributed by atoms with Crippen molar-refractivity contribution in [3.63, 3.8) is 0 Å². The summed E-state index contributed by atoms with van der Waals surface area (Å²) in [6.07, 6.45) is 2.46. The van der Waals surface area contributed by atoms with Gasteiger partial charge in [-0.3, -0.25) is 0 Å². The van der Waals surface area contributed by atoms with E-state index in [0.717, 1.165) is 13.1 Å². The molecule has 94 valence electrons. The Morgan fingerprint density at radius 3 is 2.82 bits per heavy atom. The zero-order valence-corrected chi connectivity index (χ0v) is 11.2. The molecule has 1 aliphatic rings. The number of nitrogens with zero attached hydrogens (tertiary/aromatic N) is 1. The maximum absolute atomic E-state index is 6.19. The first kappa shape index (κ1) is 12.4. The second kappa shape index (κ2) is 5.09. The number of aryl methyl sites for hydroxylation is 2. The fourth-order valence-corrected chi connectivity index (χ4v) is 2.46. The summed E-state index contributed by atoms with van der Waals surface area (Å²) in [5, 5.41) is 0. The van der Waals surface area contributed by atoms with Gasteiger partial charge in [-0.25, -0.2) is 0 Å². The summed E-state index contributed by atoms with van der Waals surface area (Å²) in [6, 6.07) is 7.05. The van der Waals surface area contributed by atoms with Gasteiger partial charge in [0.15, 0.2) is 0 Å². The Labute approximate surface area is 105 Å². The topological polar surface area (TPSA) is 29.3 Å². The van der Waals surface area contributed by atoms with Crippen LogP contribution in [0, 0.1) is 12.8 Å². The van der Waals surface area contributed by atoms with Crippen molar-refractivity contribution in [2.75, 3.05) is 18.0 Å². The zero-order valence-electron chi connectivity index (χ0n) is 11.2. The van der Waals surface area contributed by atoms with E-state index in [2.05, 4.69) is 43.9 Å². The number of hydrogen-bond donors (Lipinski definition) is 1. The van der Waals surface area contributed by atoms with E-state index in [1.807, 2.05) is 0 Å². The highest BCUT2D eigenvalue weighted by atomic mass is 15.1. The predicted octanol–water partition coefficient (Wildman–Crippen LogP) is 2.73. The molecule has 1 aromatic rings. The molecule has 1 aliphatic heterocycles. The van der Waals surface area contributed by atoms with Crippen molar-refractivity contribution in [2.45, 2.75) is 39.7 Å². The summed E-state index contributed by atoms with van der Waals surface area (Å²) in [6.45, 7) is 8.69. The summed E-state index contributed by atoms with van der Waals surface area (Å²) >= 11 is 0. The number of benzene rings is 1. The first-order valence-corrected chi connectivity index (χ1v) is 6.68. The fourth-order valence-electron chi connectivity index (χ4n) is 2.46. The van der Waals surface area contributed by atoms with E-state index in [0.29, 0.717) is 5.92 Å². The number of rotatable bonds is 3. The molecule has 2 N–H and O–H groups in total. The highest BCUT2D eigenvalue weighted by Gasteiger charge is 2.19. The van der Waals surface area contributed by atoms with Crippen LogP contribution < -0.4 is 10.6 Å². The van der Waals surface area contributed by atoms with Crippen LogP contribution in [0.3, 0.4) is 0 Å². The van der Waals surface area contributed by atoms with Gasteiger partial charge < -0.3 is 10.6 Å².